The molecule has 26 heavy (non-hydrogen) atoms. The highest BCUT2D eigenvalue weighted by Crippen LogP contribution is 2.26. The third-order valence-corrected chi connectivity index (χ3v) is 3.89. The predicted molar refractivity (Wildman–Crippen MR) is 97.7 cm³/mol. The number of nitrogens with one attached hydrogen (secondary N) is 1. The summed E-state index contributed by atoms with van der Waals surface area (Å²) < 4.78 is 14.3. The molecule has 0 saturated heterocycles. The van der Waals surface area contributed by atoms with Gasteiger partial charge in [0.25, 0.3) is 0 Å². The molecule has 1 N–H and O–H groups in total. The Morgan fingerprint density at radius 2 is 1.85 bits per heavy atom. The molecule has 0 fully saturated rings. The van der Waals surface area contributed by atoms with E-state index in [4.69, 9.17) is 9.47 Å². The zero-order chi connectivity index (χ0) is 20.2. The molecule has 0 aromatic rings. The molecule has 1 atom stereocenters. The Kier molecular flexibility index (Phi) is 11.1. The van der Waals surface area contributed by atoms with E-state index in [1.54, 1.807) is 0 Å². The number of ether oxygens (including phenoxy) is 3. The van der Waals surface area contributed by atoms with Crippen molar-refractivity contribution in [3.8, 4) is 0 Å². The highest BCUT2D eigenvalue weighted by molar-refractivity contribution is 5.81. The predicted octanol–water partition coefficient (Wildman–Crippen LogP) is 2.58. The summed E-state index contributed by atoms with van der Waals surface area (Å²) in [5.74, 6) is -0.213. The van der Waals surface area contributed by atoms with Crippen LogP contribution in [-0.4, -0.2) is 63.5 Å². The summed E-state index contributed by atoms with van der Waals surface area (Å²) in [5.41, 5.74) is -0.108. The van der Waals surface area contributed by atoms with Gasteiger partial charge in [-0.2, -0.15) is 0 Å². The molecule has 150 valence electrons. The van der Waals surface area contributed by atoms with Crippen LogP contribution in [0.4, 0.5) is 9.59 Å². The van der Waals surface area contributed by atoms with Crippen molar-refractivity contribution in [2.75, 3.05) is 40.5 Å². The molecule has 1 unspecified atom stereocenters. The minimum Gasteiger partial charge on any atom is -0.461 e. The molecular formula is C18H32N2O6. The highest BCUT2D eigenvalue weighted by Gasteiger charge is 2.23. The second kappa shape index (κ2) is 12.2. The maximum Gasteiger partial charge on any atom is 0.409 e. The Bertz CT molecular complexity index is 478. The lowest BCUT2D eigenvalue weighted by molar-refractivity contribution is -0.138. The van der Waals surface area contributed by atoms with Crippen molar-refractivity contribution in [1.82, 2.24) is 10.2 Å². The molecule has 0 aliphatic heterocycles. The SMILES string of the molecule is C=CC(=O)OCCN(CCC(C)CC(C)(C)CNC(=O)OC)C(=O)OC. The minimum atomic E-state index is -0.525. The first-order valence-corrected chi connectivity index (χ1v) is 8.59. The third-order valence-electron chi connectivity index (χ3n) is 3.89. The lowest BCUT2D eigenvalue weighted by Gasteiger charge is -2.29. The molecule has 0 aromatic heterocycles. The van der Waals surface area contributed by atoms with Crippen molar-refractivity contribution in [1.29, 1.82) is 0 Å². The number of esters is 1. The normalized spacial score (nSPS) is 11.9. The van der Waals surface area contributed by atoms with Gasteiger partial charge in [0.15, 0.2) is 0 Å². The summed E-state index contributed by atoms with van der Waals surface area (Å²) in [4.78, 5) is 35.6. The van der Waals surface area contributed by atoms with Crippen molar-refractivity contribution in [2.24, 2.45) is 11.3 Å². The largest absolute Gasteiger partial charge is 0.461 e. The van der Waals surface area contributed by atoms with Crippen LogP contribution in [0.15, 0.2) is 12.7 Å². The van der Waals surface area contributed by atoms with E-state index in [2.05, 4.69) is 37.4 Å². The van der Waals surface area contributed by atoms with Gasteiger partial charge in [0.2, 0.25) is 0 Å². The number of hydrogen-bond donors (Lipinski definition) is 1. The minimum absolute atomic E-state index is 0.0862. The summed E-state index contributed by atoms with van der Waals surface area (Å²) in [6.07, 6.45) is 1.79. The van der Waals surface area contributed by atoms with Crippen LogP contribution in [-0.2, 0) is 19.0 Å². The van der Waals surface area contributed by atoms with Crippen LogP contribution >= 0.6 is 0 Å². The monoisotopic (exact) mass is 372 g/mol. The molecule has 8 heteroatoms. The first-order valence-electron chi connectivity index (χ1n) is 8.59. The van der Waals surface area contributed by atoms with Gasteiger partial charge in [0.1, 0.15) is 6.61 Å². The first-order chi connectivity index (χ1) is 12.1. The van der Waals surface area contributed by atoms with Gasteiger partial charge < -0.3 is 24.4 Å². The van der Waals surface area contributed by atoms with E-state index in [1.807, 2.05) is 0 Å². The summed E-state index contributed by atoms with van der Waals surface area (Å²) in [6.45, 7) is 10.9. The number of alkyl carbamates (subject to hydrolysis) is 1. The Labute approximate surface area is 155 Å². The van der Waals surface area contributed by atoms with Crippen LogP contribution in [0.5, 0.6) is 0 Å². The van der Waals surface area contributed by atoms with Crippen molar-refractivity contribution >= 4 is 18.2 Å². The fourth-order valence-electron chi connectivity index (χ4n) is 2.62. The van der Waals surface area contributed by atoms with Crippen molar-refractivity contribution in [3.63, 3.8) is 0 Å². The Hall–Kier alpha value is -2.25. The standard InChI is InChI=1S/C18H32N2O6/c1-7-15(21)26-11-10-20(17(23)25-6)9-8-14(2)12-18(3,4)13-19-16(22)24-5/h7,14H,1,8-13H2,2-6H3,(H,19,22). The quantitative estimate of drug-likeness (QED) is 0.340. The number of methoxy groups -OCH3 is 2. The van der Waals surface area contributed by atoms with Gasteiger partial charge in [0.05, 0.1) is 20.8 Å². The average Bonchev–Trinajstić information content (AvgIpc) is 2.61. The maximum absolute atomic E-state index is 11.8. The zero-order valence-corrected chi connectivity index (χ0v) is 16.5. The summed E-state index contributed by atoms with van der Waals surface area (Å²) >= 11 is 0. The Morgan fingerprint density at radius 3 is 2.38 bits per heavy atom. The summed E-state index contributed by atoms with van der Waals surface area (Å²) in [6, 6.07) is 0. The van der Waals surface area contributed by atoms with E-state index in [-0.39, 0.29) is 18.6 Å². The van der Waals surface area contributed by atoms with Crippen molar-refractivity contribution in [3.05, 3.63) is 12.7 Å². The lowest BCUT2D eigenvalue weighted by Crippen LogP contribution is -2.37. The molecule has 0 bridgehead atoms. The van der Waals surface area contributed by atoms with E-state index in [1.165, 1.54) is 19.1 Å². The van der Waals surface area contributed by atoms with Crippen LogP contribution in [0.25, 0.3) is 0 Å². The number of amides is 2. The highest BCUT2D eigenvalue weighted by atomic mass is 16.5. The molecule has 8 nitrogen and oxygen atoms in total. The second-order valence-corrected chi connectivity index (χ2v) is 6.94. The van der Waals surface area contributed by atoms with E-state index in [9.17, 15) is 14.4 Å². The summed E-state index contributed by atoms with van der Waals surface area (Å²) in [5, 5.41) is 2.71. The van der Waals surface area contributed by atoms with Gasteiger partial charge in [0, 0.05) is 19.2 Å². The fourth-order valence-corrected chi connectivity index (χ4v) is 2.62. The van der Waals surface area contributed by atoms with Gasteiger partial charge >= 0.3 is 18.2 Å². The van der Waals surface area contributed by atoms with E-state index in [0.717, 1.165) is 18.9 Å². The molecule has 2 amide bonds. The molecule has 0 spiro atoms. The molecule has 0 aliphatic rings. The molecule has 0 aliphatic carbocycles. The van der Waals surface area contributed by atoms with Crippen LogP contribution in [0.2, 0.25) is 0 Å². The fraction of sp³-hybridized carbons (Fsp3) is 0.722. The van der Waals surface area contributed by atoms with Gasteiger partial charge in [-0.15, -0.1) is 0 Å². The smallest absolute Gasteiger partial charge is 0.409 e. The third kappa shape index (κ3) is 10.6. The number of carbonyl (C=O) groups excluding carboxylic acids is 3. The maximum atomic E-state index is 11.8. The van der Waals surface area contributed by atoms with Gasteiger partial charge in [-0.1, -0.05) is 27.4 Å². The lowest BCUT2D eigenvalue weighted by atomic mass is 9.82. The average molecular weight is 372 g/mol. The Balaban J connectivity index is 4.42. The zero-order valence-electron chi connectivity index (χ0n) is 16.5. The van der Waals surface area contributed by atoms with Crippen molar-refractivity contribution in [2.45, 2.75) is 33.6 Å². The van der Waals surface area contributed by atoms with E-state index < -0.39 is 18.2 Å². The molecule has 0 aromatic carbocycles. The van der Waals surface area contributed by atoms with Crippen molar-refractivity contribution < 1.29 is 28.6 Å². The molecule has 0 rings (SSSR count). The number of rotatable bonds is 11. The van der Waals surface area contributed by atoms with Gasteiger partial charge in [-0.05, 0) is 24.2 Å². The van der Waals surface area contributed by atoms with Crippen LogP contribution in [0.3, 0.4) is 0 Å². The topological polar surface area (TPSA) is 94.2 Å². The van der Waals surface area contributed by atoms with Gasteiger partial charge in [-0.25, -0.2) is 14.4 Å². The van der Waals surface area contributed by atoms with E-state index in [0.29, 0.717) is 19.0 Å². The first kappa shape index (κ1) is 23.8. The molecule has 0 heterocycles. The Morgan fingerprint density at radius 1 is 1.19 bits per heavy atom. The molecule has 0 saturated carbocycles. The van der Waals surface area contributed by atoms with Gasteiger partial charge in [-0.3, -0.25) is 0 Å². The number of carbonyl (C=O) groups is 3. The van der Waals surface area contributed by atoms with E-state index >= 15 is 0 Å². The van der Waals surface area contributed by atoms with Crippen LogP contribution < -0.4 is 5.32 Å². The number of hydrogen-bond acceptors (Lipinski definition) is 6. The molecule has 0 radical (unpaired) electrons. The van der Waals surface area contributed by atoms with Crippen LogP contribution in [0, 0.1) is 11.3 Å². The second-order valence-electron chi connectivity index (χ2n) is 6.94. The molecular weight excluding hydrogens is 340 g/mol. The van der Waals surface area contributed by atoms with Crippen LogP contribution in [0.1, 0.15) is 33.6 Å². The number of nitrogens with zero attached hydrogens (tertiary/aromatic N) is 1. The summed E-state index contributed by atoms with van der Waals surface area (Å²) in [7, 11) is 2.65.